The number of nitrogens with zero attached hydrogens (tertiary/aromatic N) is 5. The van der Waals surface area contributed by atoms with Crippen LogP contribution in [-0.4, -0.2) is 55.7 Å². The van der Waals surface area contributed by atoms with E-state index in [-0.39, 0.29) is 24.9 Å². The molecule has 0 aromatic carbocycles. The number of rotatable bonds is 3. The van der Waals surface area contributed by atoms with Gasteiger partial charge in [-0.1, -0.05) is 6.92 Å². The second kappa shape index (κ2) is 5.78. The number of likely N-dealkylation sites (N-methyl/N-ethyl adjacent to an activating group) is 1. The molecule has 7 nitrogen and oxygen atoms in total. The van der Waals surface area contributed by atoms with Crippen LogP contribution in [0.1, 0.15) is 34.4 Å². The first-order valence-electron chi connectivity index (χ1n) is 8.10. The number of aryl methyl sites for hydroxylation is 1. The third-order valence-electron chi connectivity index (χ3n) is 4.60. The van der Waals surface area contributed by atoms with Crippen LogP contribution in [0.25, 0.3) is 15.9 Å². The van der Waals surface area contributed by atoms with Crippen molar-refractivity contribution in [2.75, 3.05) is 20.2 Å². The van der Waals surface area contributed by atoms with Gasteiger partial charge in [0.1, 0.15) is 11.2 Å². The number of carbonyl (C=O) groups is 1. The molecule has 0 saturated carbocycles. The Morgan fingerprint density at radius 3 is 3.17 bits per heavy atom. The number of fused-ring (bicyclic) bond motifs is 5. The van der Waals surface area contributed by atoms with Crippen molar-refractivity contribution in [3.8, 4) is 0 Å². The molecule has 3 aromatic heterocycles. The predicted octanol–water partition coefficient (Wildman–Crippen LogP) is 1.53. The second-order valence-corrected chi connectivity index (χ2v) is 7.51. The van der Waals surface area contributed by atoms with E-state index in [9.17, 15) is 4.79 Å². The van der Waals surface area contributed by atoms with E-state index in [1.54, 1.807) is 29.2 Å². The number of thiophene rings is 1. The maximum absolute atomic E-state index is 12.4. The van der Waals surface area contributed by atoms with E-state index in [1.165, 1.54) is 21.8 Å². The molecule has 1 atom stereocenters. The molecule has 3 heterocycles. The number of aliphatic hydroxyl groups excluding tert-OH is 1. The highest BCUT2D eigenvalue weighted by Crippen LogP contribution is 2.38. The minimum Gasteiger partial charge on any atom is -0.395 e. The molecule has 1 amide bonds. The zero-order valence-electron chi connectivity index (χ0n) is 13.7. The Kier molecular flexibility index (Phi) is 3.73. The molecular formula is C16H19N5O2S. The highest BCUT2D eigenvalue weighted by Gasteiger charge is 2.25. The molecule has 1 unspecified atom stereocenters. The fourth-order valence-electron chi connectivity index (χ4n) is 3.26. The van der Waals surface area contributed by atoms with Crippen molar-refractivity contribution >= 4 is 33.1 Å². The van der Waals surface area contributed by atoms with Gasteiger partial charge in [0.15, 0.2) is 5.65 Å². The number of hydrogen-bond donors (Lipinski definition) is 1. The van der Waals surface area contributed by atoms with Crippen molar-refractivity contribution in [2.24, 2.45) is 5.92 Å². The first-order valence-corrected chi connectivity index (χ1v) is 8.92. The Bertz CT molecular complexity index is 931. The lowest BCUT2D eigenvalue weighted by molar-refractivity contribution is 0.0755. The maximum Gasteiger partial charge on any atom is 0.293 e. The van der Waals surface area contributed by atoms with E-state index < -0.39 is 0 Å². The highest BCUT2D eigenvalue weighted by molar-refractivity contribution is 7.19. The summed E-state index contributed by atoms with van der Waals surface area (Å²) < 4.78 is 1.59. The molecule has 24 heavy (non-hydrogen) atoms. The Hall–Kier alpha value is -2.06. The van der Waals surface area contributed by atoms with E-state index >= 15 is 0 Å². The number of amides is 1. The van der Waals surface area contributed by atoms with Crippen LogP contribution in [0.15, 0.2) is 6.33 Å². The average Bonchev–Trinajstić information content (AvgIpc) is 3.14. The number of aliphatic hydroxyl groups is 1. The maximum atomic E-state index is 12.4. The normalized spacial score (nSPS) is 17.4. The second-order valence-electron chi connectivity index (χ2n) is 6.43. The molecule has 0 saturated heterocycles. The van der Waals surface area contributed by atoms with E-state index in [0.29, 0.717) is 11.6 Å². The molecule has 0 bridgehead atoms. The molecule has 8 heteroatoms. The van der Waals surface area contributed by atoms with Crippen molar-refractivity contribution in [1.29, 1.82) is 0 Å². The standard InChI is InChI=1S/C16H19N5O2S/c1-9-3-4-11-10(7-9)12-14-18-13(16(23)20(2)5-6-22)19-21(14)8-17-15(12)24-11/h8-9,22H,3-7H2,1-2H3. The molecule has 4 rings (SSSR count). The monoisotopic (exact) mass is 345 g/mol. The van der Waals surface area contributed by atoms with Crippen LogP contribution in [0.3, 0.4) is 0 Å². The van der Waals surface area contributed by atoms with Crippen molar-refractivity contribution in [2.45, 2.75) is 26.2 Å². The van der Waals surface area contributed by atoms with E-state index in [4.69, 9.17) is 5.11 Å². The van der Waals surface area contributed by atoms with Crippen molar-refractivity contribution < 1.29 is 9.90 Å². The summed E-state index contributed by atoms with van der Waals surface area (Å²) >= 11 is 1.73. The molecular weight excluding hydrogens is 326 g/mol. The minimum absolute atomic E-state index is 0.0860. The van der Waals surface area contributed by atoms with Gasteiger partial charge in [0.2, 0.25) is 5.82 Å². The van der Waals surface area contributed by atoms with Gasteiger partial charge in [0.05, 0.1) is 12.0 Å². The largest absolute Gasteiger partial charge is 0.395 e. The quantitative estimate of drug-likeness (QED) is 0.778. The summed E-state index contributed by atoms with van der Waals surface area (Å²) in [4.78, 5) is 25.2. The number of carbonyl (C=O) groups excluding carboxylic acids is 1. The van der Waals surface area contributed by atoms with Gasteiger partial charge in [0, 0.05) is 18.5 Å². The smallest absolute Gasteiger partial charge is 0.293 e. The summed E-state index contributed by atoms with van der Waals surface area (Å²) in [5, 5.41) is 14.3. The summed E-state index contributed by atoms with van der Waals surface area (Å²) in [6.45, 7) is 2.44. The van der Waals surface area contributed by atoms with Gasteiger partial charge >= 0.3 is 0 Å². The summed E-state index contributed by atoms with van der Waals surface area (Å²) in [6.07, 6.45) is 4.94. The first kappa shape index (κ1) is 15.5. The Labute approximate surface area is 142 Å². The molecule has 0 radical (unpaired) electrons. The van der Waals surface area contributed by atoms with Crippen LogP contribution in [0.5, 0.6) is 0 Å². The molecule has 3 aromatic rings. The SMILES string of the molecule is CC1CCc2sc3ncn4nc(C(=O)N(C)CCO)nc4c3c2C1. The van der Waals surface area contributed by atoms with Gasteiger partial charge < -0.3 is 10.0 Å². The Morgan fingerprint density at radius 1 is 1.54 bits per heavy atom. The van der Waals surface area contributed by atoms with E-state index in [1.807, 2.05) is 0 Å². The fourth-order valence-corrected chi connectivity index (χ4v) is 4.44. The fraction of sp³-hybridized carbons (Fsp3) is 0.500. The van der Waals surface area contributed by atoms with Crippen molar-refractivity contribution in [1.82, 2.24) is 24.5 Å². The van der Waals surface area contributed by atoms with Gasteiger partial charge in [-0.3, -0.25) is 4.79 Å². The summed E-state index contributed by atoms with van der Waals surface area (Å²) in [6, 6.07) is 0. The lowest BCUT2D eigenvalue weighted by atomic mass is 9.89. The van der Waals surface area contributed by atoms with Crippen LogP contribution >= 0.6 is 11.3 Å². The lowest BCUT2D eigenvalue weighted by Gasteiger charge is -2.17. The Morgan fingerprint density at radius 2 is 2.38 bits per heavy atom. The minimum atomic E-state index is -0.293. The van der Waals surface area contributed by atoms with E-state index in [2.05, 4.69) is 22.0 Å². The van der Waals surface area contributed by atoms with Gasteiger partial charge in [-0.15, -0.1) is 16.4 Å². The topological polar surface area (TPSA) is 83.6 Å². The molecule has 1 N–H and O–H groups in total. The Balaban J connectivity index is 1.86. The molecule has 0 fully saturated rings. The number of hydrogen-bond acceptors (Lipinski definition) is 6. The zero-order valence-corrected chi connectivity index (χ0v) is 14.5. The number of aromatic nitrogens is 4. The predicted molar refractivity (Wildman–Crippen MR) is 91.4 cm³/mol. The van der Waals surface area contributed by atoms with Crippen LogP contribution in [0.4, 0.5) is 0 Å². The summed E-state index contributed by atoms with van der Waals surface area (Å²) in [5.74, 6) is 0.498. The van der Waals surface area contributed by atoms with Crippen LogP contribution in [0.2, 0.25) is 0 Å². The van der Waals surface area contributed by atoms with Crippen LogP contribution in [0, 0.1) is 5.92 Å². The average molecular weight is 345 g/mol. The summed E-state index contributed by atoms with van der Waals surface area (Å²) in [5.41, 5.74) is 2.02. The van der Waals surface area contributed by atoms with E-state index in [0.717, 1.165) is 23.1 Å². The van der Waals surface area contributed by atoms with Crippen LogP contribution < -0.4 is 0 Å². The molecule has 0 aliphatic heterocycles. The molecule has 0 spiro atoms. The molecule has 1 aliphatic rings. The van der Waals surface area contributed by atoms with Crippen LogP contribution in [-0.2, 0) is 12.8 Å². The first-order chi connectivity index (χ1) is 11.6. The zero-order chi connectivity index (χ0) is 16.8. The van der Waals surface area contributed by atoms with Gasteiger partial charge in [-0.2, -0.15) is 0 Å². The van der Waals surface area contributed by atoms with Gasteiger partial charge in [-0.25, -0.2) is 14.5 Å². The third kappa shape index (κ3) is 2.37. The van der Waals surface area contributed by atoms with Gasteiger partial charge in [0.25, 0.3) is 5.91 Å². The highest BCUT2D eigenvalue weighted by atomic mass is 32.1. The van der Waals surface area contributed by atoms with Crippen molar-refractivity contribution in [3.05, 3.63) is 22.6 Å². The van der Waals surface area contributed by atoms with Crippen molar-refractivity contribution in [3.63, 3.8) is 0 Å². The van der Waals surface area contributed by atoms with Gasteiger partial charge in [-0.05, 0) is 30.7 Å². The molecule has 1 aliphatic carbocycles. The molecule has 126 valence electrons. The lowest BCUT2D eigenvalue weighted by Crippen LogP contribution is -2.30. The third-order valence-corrected chi connectivity index (χ3v) is 5.80. The summed E-state index contributed by atoms with van der Waals surface area (Å²) in [7, 11) is 1.63.